The number of aromatic nitrogens is 1. The molecule has 0 bridgehead atoms. The zero-order valence-corrected chi connectivity index (χ0v) is 15.7. The average Bonchev–Trinajstić information content (AvgIpc) is 3.22. The predicted molar refractivity (Wildman–Crippen MR) is 104 cm³/mol. The largest absolute Gasteiger partial charge is 0.365 e. The van der Waals surface area contributed by atoms with E-state index in [1.165, 1.54) is 11.3 Å². The molecule has 2 heterocycles. The lowest BCUT2D eigenvalue weighted by molar-refractivity contribution is 0.100. The van der Waals surface area contributed by atoms with Gasteiger partial charge in [-0.1, -0.05) is 35.5 Å². The topological polar surface area (TPSA) is 98.2 Å². The van der Waals surface area contributed by atoms with Gasteiger partial charge < -0.3 is 15.6 Å². The number of carbonyl (C=O) groups excluding carboxylic acids is 2. The van der Waals surface area contributed by atoms with Gasteiger partial charge in [0.15, 0.2) is 0 Å². The van der Waals surface area contributed by atoms with E-state index in [4.69, 9.17) is 10.3 Å². The van der Waals surface area contributed by atoms with E-state index in [1.54, 1.807) is 6.92 Å². The molecule has 1 aliphatic rings. The van der Waals surface area contributed by atoms with Gasteiger partial charge in [-0.2, -0.15) is 0 Å². The van der Waals surface area contributed by atoms with Crippen LogP contribution in [0, 0.1) is 6.92 Å². The summed E-state index contributed by atoms with van der Waals surface area (Å²) in [6.45, 7) is 1.70. The molecule has 3 aromatic rings. The van der Waals surface area contributed by atoms with Gasteiger partial charge in [0.1, 0.15) is 22.0 Å². The Morgan fingerprint density at radius 2 is 1.89 bits per heavy atom. The van der Waals surface area contributed by atoms with Crippen LogP contribution >= 0.6 is 11.3 Å². The van der Waals surface area contributed by atoms with E-state index in [9.17, 15) is 9.59 Å². The minimum Gasteiger partial charge on any atom is -0.365 e. The number of nitrogens with zero attached hydrogens (tertiary/aromatic N) is 1. The zero-order valence-electron chi connectivity index (χ0n) is 14.9. The van der Waals surface area contributed by atoms with Crippen LogP contribution in [0.15, 0.2) is 34.9 Å². The fourth-order valence-electron chi connectivity index (χ4n) is 3.51. The van der Waals surface area contributed by atoms with Crippen molar-refractivity contribution in [3.8, 4) is 11.3 Å². The van der Waals surface area contributed by atoms with E-state index in [-0.39, 0.29) is 5.91 Å². The highest BCUT2D eigenvalue weighted by Gasteiger charge is 2.27. The van der Waals surface area contributed by atoms with Crippen LogP contribution in [0.5, 0.6) is 0 Å². The number of rotatable bonds is 4. The summed E-state index contributed by atoms with van der Waals surface area (Å²) in [7, 11) is 0. The van der Waals surface area contributed by atoms with Crippen LogP contribution in [0.1, 0.15) is 49.8 Å². The van der Waals surface area contributed by atoms with Crippen LogP contribution in [-0.4, -0.2) is 17.0 Å². The molecule has 0 aliphatic heterocycles. The summed E-state index contributed by atoms with van der Waals surface area (Å²) in [5.41, 5.74) is 8.68. The van der Waals surface area contributed by atoms with Crippen LogP contribution < -0.4 is 11.1 Å². The molecule has 0 radical (unpaired) electrons. The third-order valence-electron chi connectivity index (χ3n) is 4.78. The Morgan fingerprint density at radius 1 is 1.15 bits per heavy atom. The normalized spacial score (nSPS) is 13.2. The maximum Gasteiger partial charge on any atom is 0.262 e. The molecular formula is C20H19N3O3S. The number of amides is 2. The van der Waals surface area contributed by atoms with Crippen molar-refractivity contribution in [1.82, 2.24) is 5.16 Å². The minimum atomic E-state index is -0.505. The number of primary amides is 1. The van der Waals surface area contributed by atoms with Crippen LogP contribution in [-0.2, 0) is 12.8 Å². The number of carbonyl (C=O) groups is 2. The Labute approximate surface area is 160 Å². The monoisotopic (exact) mass is 381 g/mol. The van der Waals surface area contributed by atoms with Gasteiger partial charge in [0, 0.05) is 10.4 Å². The van der Waals surface area contributed by atoms with E-state index in [0.29, 0.717) is 27.6 Å². The molecule has 1 aliphatic carbocycles. The molecule has 0 fully saturated rings. The van der Waals surface area contributed by atoms with Crippen molar-refractivity contribution in [3.05, 3.63) is 57.7 Å². The molecule has 0 atom stereocenters. The number of benzene rings is 1. The number of aryl methyl sites for hydroxylation is 2. The second-order valence-corrected chi connectivity index (χ2v) is 7.67. The first kappa shape index (κ1) is 17.5. The third-order valence-corrected chi connectivity index (χ3v) is 5.99. The van der Waals surface area contributed by atoms with Gasteiger partial charge >= 0.3 is 0 Å². The van der Waals surface area contributed by atoms with Crippen molar-refractivity contribution in [3.63, 3.8) is 0 Å². The van der Waals surface area contributed by atoms with Gasteiger partial charge in [0.2, 0.25) is 0 Å². The van der Waals surface area contributed by atoms with Crippen molar-refractivity contribution in [2.75, 3.05) is 5.32 Å². The molecule has 27 heavy (non-hydrogen) atoms. The molecule has 2 amide bonds. The summed E-state index contributed by atoms with van der Waals surface area (Å²) in [5.74, 6) is -0.433. The summed E-state index contributed by atoms with van der Waals surface area (Å²) in [6, 6.07) is 9.38. The first-order valence-electron chi connectivity index (χ1n) is 8.83. The smallest absolute Gasteiger partial charge is 0.262 e. The maximum absolute atomic E-state index is 13.0. The molecule has 6 nitrogen and oxygen atoms in total. The van der Waals surface area contributed by atoms with Crippen LogP contribution in [0.25, 0.3) is 11.3 Å². The van der Waals surface area contributed by atoms with E-state index < -0.39 is 5.91 Å². The zero-order chi connectivity index (χ0) is 19.0. The van der Waals surface area contributed by atoms with Gasteiger partial charge in [0.25, 0.3) is 11.8 Å². The first-order valence-corrected chi connectivity index (χ1v) is 9.65. The second kappa shape index (κ2) is 7.00. The Morgan fingerprint density at radius 3 is 2.63 bits per heavy atom. The Bertz CT molecular complexity index is 1020. The fraction of sp³-hybridized carbons (Fsp3) is 0.250. The number of nitrogens with two attached hydrogens (primary N) is 1. The molecule has 138 valence electrons. The summed E-state index contributed by atoms with van der Waals surface area (Å²) in [5, 5.41) is 7.44. The molecule has 4 rings (SSSR count). The lowest BCUT2D eigenvalue weighted by atomic mass is 9.95. The van der Waals surface area contributed by atoms with Crippen molar-refractivity contribution in [1.29, 1.82) is 0 Å². The van der Waals surface area contributed by atoms with Gasteiger partial charge in [-0.3, -0.25) is 9.59 Å². The van der Waals surface area contributed by atoms with Crippen LogP contribution in [0.3, 0.4) is 0 Å². The highest BCUT2D eigenvalue weighted by molar-refractivity contribution is 7.17. The number of anilines is 1. The number of nitrogens with one attached hydrogen (secondary N) is 1. The average molecular weight is 381 g/mol. The van der Waals surface area contributed by atoms with E-state index in [0.717, 1.165) is 41.7 Å². The Kier molecular flexibility index (Phi) is 4.53. The number of hydrogen-bond acceptors (Lipinski definition) is 5. The van der Waals surface area contributed by atoms with Gasteiger partial charge in [0.05, 0.1) is 5.56 Å². The van der Waals surface area contributed by atoms with E-state index >= 15 is 0 Å². The van der Waals surface area contributed by atoms with Crippen molar-refractivity contribution in [2.24, 2.45) is 5.73 Å². The molecule has 1 aromatic carbocycles. The quantitative estimate of drug-likeness (QED) is 0.715. The predicted octanol–water partition coefficient (Wildman–Crippen LogP) is 3.94. The number of hydrogen-bond donors (Lipinski definition) is 2. The number of fused-ring (bicyclic) bond motifs is 1. The molecule has 2 aromatic heterocycles. The maximum atomic E-state index is 13.0. The van der Waals surface area contributed by atoms with Crippen LogP contribution in [0.2, 0.25) is 0 Å². The highest BCUT2D eigenvalue weighted by Crippen LogP contribution is 2.38. The SMILES string of the molecule is Cc1onc(-c2ccccc2)c1C(=O)Nc1sc2c(c1C(N)=O)CCCC2. The van der Waals surface area contributed by atoms with Gasteiger partial charge in [-0.25, -0.2) is 0 Å². The summed E-state index contributed by atoms with van der Waals surface area (Å²) in [6.07, 6.45) is 3.85. The third kappa shape index (κ3) is 3.14. The van der Waals surface area contributed by atoms with E-state index in [2.05, 4.69) is 10.5 Å². The highest BCUT2D eigenvalue weighted by atomic mass is 32.1. The van der Waals surface area contributed by atoms with E-state index in [1.807, 2.05) is 30.3 Å². The Hall–Kier alpha value is -2.93. The minimum absolute atomic E-state index is 0.353. The van der Waals surface area contributed by atoms with Crippen molar-refractivity contribution < 1.29 is 14.1 Å². The second-order valence-electron chi connectivity index (χ2n) is 6.56. The summed E-state index contributed by atoms with van der Waals surface area (Å²) in [4.78, 5) is 26.2. The standard InChI is InChI=1S/C20H19N3O3S/c1-11-15(17(23-26-11)12-7-3-2-4-8-12)19(25)22-20-16(18(21)24)13-9-5-6-10-14(13)27-20/h2-4,7-8H,5-6,9-10H2,1H3,(H2,21,24)(H,22,25). The summed E-state index contributed by atoms with van der Waals surface area (Å²) >= 11 is 1.44. The summed E-state index contributed by atoms with van der Waals surface area (Å²) < 4.78 is 5.27. The van der Waals surface area contributed by atoms with Crippen molar-refractivity contribution in [2.45, 2.75) is 32.6 Å². The van der Waals surface area contributed by atoms with Crippen LogP contribution in [0.4, 0.5) is 5.00 Å². The molecule has 0 spiro atoms. The lowest BCUT2D eigenvalue weighted by Crippen LogP contribution is -2.19. The molecular weight excluding hydrogens is 362 g/mol. The number of thiophene rings is 1. The van der Waals surface area contributed by atoms with Gasteiger partial charge in [-0.15, -0.1) is 11.3 Å². The fourth-order valence-corrected chi connectivity index (χ4v) is 4.80. The molecule has 3 N–H and O–H groups in total. The molecule has 0 unspecified atom stereocenters. The lowest BCUT2D eigenvalue weighted by Gasteiger charge is -2.11. The molecule has 0 saturated carbocycles. The Balaban J connectivity index is 1.71. The van der Waals surface area contributed by atoms with Crippen molar-refractivity contribution >= 4 is 28.2 Å². The molecule has 0 saturated heterocycles. The van der Waals surface area contributed by atoms with Gasteiger partial charge in [-0.05, 0) is 38.2 Å². The first-order chi connectivity index (χ1) is 13.1. The molecule has 7 heteroatoms.